The molecule has 2 aliphatic rings. The molecule has 28 heavy (non-hydrogen) atoms. The molecule has 1 aliphatic carbocycles. The van der Waals surface area contributed by atoms with Crippen molar-refractivity contribution >= 4 is 11.6 Å². The van der Waals surface area contributed by atoms with E-state index in [0.717, 1.165) is 56.4 Å². The number of carbonyl (C=O) groups is 1. The SMILES string of the molecule is CCn1nc2c(c1C(=O)Nc1ccccc1OC[C@@H]1CCCCO1)CCCC2. The van der Waals surface area contributed by atoms with Gasteiger partial charge in [0.2, 0.25) is 0 Å². The zero-order valence-electron chi connectivity index (χ0n) is 16.6. The Hall–Kier alpha value is -2.34. The molecule has 1 aromatic carbocycles. The number of hydrogen-bond acceptors (Lipinski definition) is 4. The molecule has 2 aromatic rings. The average molecular weight is 383 g/mol. The van der Waals surface area contributed by atoms with Crippen LogP contribution in [0.25, 0.3) is 0 Å². The van der Waals surface area contributed by atoms with Crippen molar-refractivity contribution in [2.45, 2.75) is 64.5 Å². The summed E-state index contributed by atoms with van der Waals surface area (Å²) in [6.07, 6.45) is 7.61. The number of nitrogens with zero attached hydrogens (tertiary/aromatic N) is 2. The summed E-state index contributed by atoms with van der Waals surface area (Å²) in [5, 5.41) is 7.72. The van der Waals surface area contributed by atoms with Gasteiger partial charge in [0.1, 0.15) is 18.1 Å². The summed E-state index contributed by atoms with van der Waals surface area (Å²) in [4.78, 5) is 13.1. The first-order valence-corrected chi connectivity index (χ1v) is 10.5. The van der Waals surface area contributed by atoms with E-state index in [2.05, 4.69) is 10.4 Å². The van der Waals surface area contributed by atoms with Gasteiger partial charge in [-0.1, -0.05) is 12.1 Å². The van der Waals surface area contributed by atoms with Gasteiger partial charge in [-0.3, -0.25) is 9.48 Å². The summed E-state index contributed by atoms with van der Waals surface area (Å²) in [5.74, 6) is 0.573. The fourth-order valence-corrected chi connectivity index (χ4v) is 4.09. The highest BCUT2D eigenvalue weighted by atomic mass is 16.5. The van der Waals surface area contributed by atoms with Crippen molar-refractivity contribution in [3.8, 4) is 5.75 Å². The van der Waals surface area contributed by atoms with Crippen molar-refractivity contribution < 1.29 is 14.3 Å². The Morgan fingerprint density at radius 3 is 2.93 bits per heavy atom. The Labute approximate surface area is 166 Å². The Balaban J connectivity index is 1.50. The first kappa shape index (κ1) is 19.0. The lowest BCUT2D eigenvalue weighted by atomic mass is 9.95. The van der Waals surface area contributed by atoms with Crippen LogP contribution in [-0.2, 0) is 24.1 Å². The Kier molecular flexibility index (Phi) is 5.95. The van der Waals surface area contributed by atoms with Crippen molar-refractivity contribution in [3.63, 3.8) is 0 Å². The van der Waals surface area contributed by atoms with Gasteiger partial charge in [-0.15, -0.1) is 0 Å². The standard InChI is InChI=1S/C22H29N3O3/c1-2-25-21(17-10-3-4-11-18(17)24-25)22(26)23-19-12-5-6-13-20(19)28-15-16-9-7-8-14-27-16/h5-6,12-13,16H,2-4,7-11,14-15H2,1H3,(H,23,26)/t16-/m0/s1. The predicted molar refractivity (Wildman–Crippen MR) is 108 cm³/mol. The number of carbonyl (C=O) groups excluding carboxylic acids is 1. The van der Waals surface area contributed by atoms with Gasteiger partial charge in [0.15, 0.2) is 0 Å². The van der Waals surface area contributed by atoms with Crippen LogP contribution in [0.1, 0.15) is 60.8 Å². The van der Waals surface area contributed by atoms with Gasteiger partial charge in [0.25, 0.3) is 5.91 Å². The van der Waals surface area contributed by atoms with Gasteiger partial charge in [-0.2, -0.15) is 5.10 Å². The molecule has 1 N–H and O–H groups in total. The molecule has 0 bridgehead atoms. The third kappa shape index (κ3) is 4.07. The number of nitrogens with one attached hydrogen (secondary N) is 1. The normalized spacial score (nSPS) is 19.1. The van der Waals surface area contributed by atoms with E-state index in [4.69, 9.17) is 9.47 Å². The van der Waals surface area contributed by atoms with Gasteiger partial charge < -0.3 is 14.8 Å². The van der Waals surface area contributed by atoms with Gasteiger partial charge >= 0.3 is 0 Å². The molecule has 2 heterocycles. The second kappa shape index (κ2) is 8.78. The van der Waals surface area contributed by atoms with Gasteiger partial charge in [-0.05, 0) is 64.0 Å². The van der Waals surface area contributed by atoms with E-state index >= 15 is 0 Å². The average Bonchev–Trinajstić information content (AvgIpc) is 3.12. The third-order valence-corrected chi connectivity index (χ3v) is 5.57. The monoisotopic (exact) mass is 383 g/mol. The largest absolute Gasteiger partial charge is 0.489 e. The number of hydrogen-bond donors (Lipinski definition) is 1. The fourth-order valence-electron chi connectivity index (χ4n) is 4.09. The summed E-state index contributed by atoms with van der Waals surface area (Å²) in [6, 6.07) is 7.61. The van der Waals surface area contributed by atoms with Crippen molar-refractivity contribution in [2.75, 3.05) is 18.5 Å². The van der Waals surface area contributed by atoms with Crippen molar-refractivity contribution in [1.82, 2.24) is 9.78 Å². The van der Waals surface area contributed by atoms with Crippen LogP contribution in [0.15, 0.2) is 24.3 Å². The van der Waals surface area contributed by atoms with Crippen LogP contribution in [-0.4, -0.2) is 35.0 Å². The maximum atomic E-state index is 13.1. The minimum absolute atomic E-state index is 0.109. The van der Waals surface area contributed by atoms with E-state index in [9.17, 15) is 4.79 Å². The molecular formula is C22H29N3O3. The molecule has 4 rings (SSSR count). The number of rotatable bonds is 6. The number of anilines is 1. The van der Waals surface area contributed by atoms with Gasteiger partial charge in [0, 0.05) is 18.7 Å². The first-order valence-electron chi connectivity index (χ1n) is 10.5. The minimum atomic E-state index is -0.109. The summed E-state index contributed by atoms with van der Waals surface area (Å²) < 4.78 is 13.6. The quantitative estimate of drug-likeness (QED) is 0.819. The van der Waals surface area contributed by atoms with E-state index in [0.29, 0.717) is 30.3 Å². The van der Waals surface area contributed by atoms with E-state index < -0.39 is 0 Å². The lowest BCUT2D eigenvalue weighted by Crippen LogP contribution is -2.26. The van der Waals surface area contributed by atoms with Crippen LogP contribution >= 0.6 is 0 Å². The smallest absolute Gasteiger partial charge is 0.274 e. The Morgan fingerprint density at radius 1 is 1.25 bits per heavy atom. The zero-order valence-corrected chi connectivity index (χ0v) is 16.6. The molecule has 1 fully saturated rings. The number of aromatic nitrogens is 2. The summed E-state index contributed by atoms with van der Waals surface area (Å²) in [7, 11) is 0. The second-order valence-electron chi connectivity index (χ2n) is 7.55. The van der Waals surface area contributed by atoms with Crippen molar-refractivity contribution in [1.29, 1.82) is 0 Å². The highest BCUT2D eigenvalue weighted by molar-refractivity contribution is 6.05. The lowest BCUT2D eigenvalue weighted by molar-refractivity contribution is -0.0109. The van der Waals surface area contributed by atoms with Gasteiger partial charge in [0.05, 0.1) is 17.5 Å². The molecule has 150 valence electrons. The maximum Gasteiger partial charge on any atom is 0.274 e. The van der Waals surface area contributed by atoms with Crippen LogP contribution < -0.4 is 10.1 Å². The maximum absolute atomic E-state index is 13.1. The van der Waals surface area contributed by atoms with E-state index in [1.807, 2.05) is 35.9 Å². The number of amides is 1. The Morgan fingerprint density at radius 2 is 2.11 bits per heavy atom. The lowest BCUT2D eigenvalue weighted by Gasteiger charge is -2.23. The number of ether oxygens (including phenoxy) is 2. The molecule has 6 heteroatoms. The Bertz CT molecular complexity index is 824. The van der Waals surface area contributed by atoms with E-state index in [-0.39, 0.29) is 12.0 Å². The number of para-hydroxylation sites is 2. The van der Waals surface area contributed by atoms with Crippen LogP contribution in [0.3, 0.4) is 0 Å². The summed E-state index contributed by atoms with van der Waals surface area (Å²) in [6.45, 7) is 4.02. The number of aryl methyl sites for hydroxylation is 2. The number of benzene rings is 1. The number of fused-ring (bicyclic) bond motifs is 1. The van der Waals surface area contributed by atoms with E-state index in [1.54, 1.807) is 0 Å². The van der Waals surface area contributed by atoms with E-state index in [1.165, 1.54) is 6.42 Å². The molecule has 0 unspecified atom stereocenters. The van der Waals surface area contributed by atoms with Crippen LogP contribution in [0.5, 0.6) is 5.75 Å². The fraction of sp³-hybridized carbons (Fsp3) is 0.545. The highest BCUT2D eigenvalue weighted by Crippen LogP contribution is 2.28. The highest BCUT2D eigenvalue weighted by Gasteiger charge is 2.25. The molecule has 0 saturated carbocycles. The van der Waals surface area contributed by atoms with Crippen molar-refractivity contribution in [2.24, 2.45) is 0 Å². The topological polar surface area (TPSA) is 65.4 Å². The molecule has 1 amide bonds. The molecule has 1 saturated heterocycles. The molecule has 1 aliphatic heterocycles. The second-order valence-corrected chi connectivity index (χ2v) is 7.55. The van der Waals surface area contributed by atoms with Crippen LogP contribution in [0, 0.1) is 0 Å². The van der Waals surface area contributed by atoms with Crippen molar-refractivity contribution in [3.05, 3.63) is 41.2 Å². The van der Waals surface area contributed by atoms with Crippen LogP contribution in [0.2, 0.25) is 0 Å². The summed E-state index contributed by atoms with van der Waals surface area (Å²) in [5.41, 5.74) is 3.58. The third-order valence-electron chi connectivity index (χ3n) is 5.57. The first-order chi connectivity index (χ1) is 13.8. The van der Waals surface area contributed by atoms with Gasteiger partial charge in [-0.25, -0.2) is 0 Å². The molecule has 0 radical (unpaired) electrons. The molecular weight excluding hydrogens is 354 g/mol. The van der Waals surface area contributed by atoms with Crippen LogP contribution in [0.4, 0.5) is 5.69 Å². The molecule has 0 spiro atoms. The zero-order chi connectivity index (χ0) is 19.3. The molecule has 1 aromatic heterocycles. The molecule has 6 nitrogen and oxygen atoms in total. The molecule has 1 atom stereocenters. The summed E-state index contributed by atoms with van der Waals surface area (Å²) >= 11 is 0. The minimum Gasteiger partial charge on any atom is -0.489 e. The predicted octanol–water partition coefficient (Wildman–Crippen LogP) is 3.98.